The van der Waals surface area contributed by atoms with Crippen molar-refractivity contribution in [1.82, 2.24) is 5.32 Å². The lowest BCUT2D eigenvalue weighted by atomic mass is 10.1. The summed E-state index contributed by atoms with van der Waals surface area (Å²) in [6.45, 7) is 3.69. The average Bonchev–Trinajstić information content (AvgIpc) is 2.28. The third kappa shape index (κ3) is 3.82. The first-order chi connectivity index (χ1) is 8.08. The van der Waals surface area contributed by atoms with Crippen molar-refractivity contribution in [3.63, 3.8) is 0 Å². The number of nitrogens with one attached hydrogen (secondary N) is 1. The summed E-state index contributed by atoms with van der Waals surface area (Å²) in [6, 6.07) is 4.40. The van der Waals surface area contributed by atoms with E-state index >= 15 is 0 Å². The Kier molecular flexibility index (Phi) is 5.10. The largest absolute Gasteiger partial charge is 0.396 e. The minimum absolute atomic E-state index is 0.00909. The van der Waals surface area contributed by atoms with Crippen molar-refractivity contribution in [2.75, 3.05) is 6.61 Å². The molecule has 0 aliphatic rings. The van der Waals surface area contributed by atoms with Crippen LogP contribution >= 0.6 is 0 Å². The van der Waals surface area contributed by atoms with Gasteiger partial charge in [0.15, 0.2) is 0 Å². The van der Waals surface area contributed by atoms with Crippen molar-refractivity contribution in [1.29, 1.82) is 0 Å². The number of hydrogen-bond acceptors (Lipinski definition) is 2. The number of aliphatic hydroxyl groups excluding tert-OH is 1. The molecule has 94 valence electrons. The van der Waals surface area contributed by atoms with E-state index in [2.05, 4.69) is 5.32 Å². The highest BCUT2D eigenvalue weighted by molar-refractivity contribution is 5.94. The van der Waals surface area contributed by atoms with Crippen LogP contribution in [0.5, 0.6) is 0 Å². The second kappa shape index (κ2) is 6.35. The van der Waals surface area contributed by atoms with Crippen molar-refractivity contribution in [2.45, 2.75) is 32.7 Å². The number of carbonyl (C=O) groups excluding carboxylic acids is 1. The molecule has 0 aromatic heterocycles. The van der Waals surface area contributed by atoms with Gasteiger partial charge < -0.3 is 10.4 Å². The number of rotatable bonds is 5. The first kappa shape index (κ1) is 13.6. The maximum absolute atomic E-state index is 13.5. The van der Waals surface area contributed by atoms with Gasteiger partial charge in [-0.25, -0.2) is 4.39 Å². The quantitative estimate of drug-likeness (QED) is 0.826. The Morgan fingerprint density at radius 2 is 2.24 bits per heavy atom. The summed E-state index contributed by atoms with van der Waals surface area (Å²) in [4.78, 5) is 11.8. The van der Waals surface area contributed by atoms with E-state index in [1.54, 1.807) is 13.0 Å². The first-order valence-electron chi connectivity index (χ1n) is 5.76. The van der Waals surface area contributed by atoms with Gasteiger partial charge in [-0.2, -0.15) is 0 Å². The van der Waals surface area contributed by atoms with Crippen molar-refractivity contribution < 1.29 is 14.3 Å². The molecule has 17 heavy (non-hydrogen) atoms. The van der Waals surface area contributed by atoms with Gasteiger partial charge in [0.05, 0.1) is 5.56 Å². The number of amides is 1. The highest BCUT2D eigenvalue weighted by Crippen LogP contribution is 2.10. The van der Waals surface area contributed by atoms with Gasteiger partial charge in [0.1, 0.15) is 5.82 Å². The molecule has 0 heterocycles. The maximum Gasteiger partial charge on any atom is 0.254 e. The van der Waals surface area contributed by atoms with Gasteiger partial charge in [-0.1, -0.05) is 13.0 Å². The topological polar surface area (TPSA) is 49.3 Å². The molecular formula is C13H18FNO2. The minimum atomic E-state index is -0.513. The second-order valence-corrected chi connectivity index (χ2v) is 4.07. The van der Waals surface area contributed by atoms with Gasteiger partial charge in [0.2, 0.25) is 0 Å². The predicted molar refractivity (Wildman–Crippen MR) is 64.4 cm³/mol. The van der Waals surface area contributed by atoms with E-state index in [9.17, 15) is 9.18 Å². The summed E-state index contributed by atoms with van der Waals surface area (Å²) in [5, 5.41) is 11.5. The Labute approximate surface area is 101 Å². The van der Waals surface area contributed by atoms with Crippen LogP contribution in [-0.2, 0) is 0 Å². The van der Waals surface area contributed by atoms with Crippen molar-refractivity contribution in [3.05, 3.63) is 35.1 Å². The van der Waals surface area contributed by atoms with E-state index in [0.29, 0.717) is 12.8 Å². The summed E-state index contributed by atoms with van der Waals surface area (Å²) < 4.78 is 13.5. The molecule has 3 nitrogen and oxygen atoms in total. The molecule has 0 radical (unpaired) electrons. The van der Waals surface area contributed by atoms with Crippen LogP contribution in [0.2, 0.25) is 0 Å². The fourth-order valence-corrected chi connectivity index (χ4v) is 1.60. The average molecular weight is 239 g/mol. The number of benzene rings is 1. The third-order valence-electron chi connectivity index (χ3n) is 2.67. The predicted octanol–water partition coefficient (Wildman–Crippen LogP) is 2.02. The summed E-state index contributed by atoms with van der Waals surface area (Å²) in [5.41, 5.74) is 0.827. The van der Waals surface area contributed by atoms with Crippen molar-refractivity contribution in [3.8, 4) is 0 Å². The standard InChI is InChI=1S/C13H18FNO2/c1-3-10(6-7-16)15-13(17)11-5-4-9(2)8-12(11)14/h4-5,8,10,16H,3,6-7H2,1-2H3,(H,15,17). The Morgan fingerprint density at radius 3 is 2.76 bits per heavy atom. The molecule has 1 aromatic carbocycles. The van der Waals surface area contributed by atoms with Gasteiger partial charge in [0.25, 0.3) is 5.91 Å². The van der Waals surface area contributed by atoms with Gasteiger partial charge in [-0.05, 0) is 37.5 Å². The zero-order valence-corrected chi connectivity index (χ0v) is 10.2. The lowest BCUT2D eigenvalue weighted by Crippen LogP contribution is -2.35. The Hall–Kier alpha value is -1.42. The van der Waals surface area contributed by atoms with Gasteiger partial charge in [-0.3, -0.25) is 4.79 Å². The SMILES string of the molecule is CCC(CCO)NC(=O)c1ccc(C)cc1F. The number of aliphatic hydroxyl groups is 1. The summed E-state index contributed by atoms with van der Waals surface area (Å²) >= 11 is 0. The summed E-state index contributed by atoms with van der Waals surface area (Å²) in [6.07, 6.45) is 1.19. The molecule has 0 aliphatic carbocycles. The zero-order valence-electron chi connectivity index (χ0n) is 10.2. The highest BCUT2D eigenvalue weighted by Gasteiger charge is 2.15. The minimum Gasteiger partial charge on any atom is -0.396 e. The molecule has 1 rings (SSSR count). The third-order valence-corrected chi connectivity index (χ3v) is 2.67. The number of carbonyl (C=O) groups is 1. The monoisotopic (exact) mass is 239 g/mol. The van der Waals surface area contributed by atoms with Gasteiger partial charge >= 0.3 is 0 Å². The number of halogens is 1. The Bertz CT molecular complexity index is 393. The molecular weight excluding hydrogens is 221 g/mol. The normalized spacial score (nSPS) is 12.2. The van der Waals surface area contributed by atoms with Crippen LogP contribution in [0.15, 0.2) is 18.2 Å². The number of aryl methyl sites for hydroxylation is 1. The molecule has 1 atom stereocenters. The number of hydrogen-bond donors (Lipinski definition) is 2. The van der Waals surface area contributed by atoms with Crippen molar-refractivity contribution >= 4 is 5.91 Å². The molecule has 1 aromatic rings. The van der Waals surface area contributed by atoms with Crippen LogP contribution in [0, 0.1) is 12.7 Å². The molecule has 0 spiro atoms. The van der Waals surface area contributed by atoms with E-state index in [1.807, 2.05) is 6.92 Å². The fourth-order valence-electron chi connectivity index (χ4n) is 1.60. The van der Waals surface area contributed by atoms with Crippen LogP contribution in [-0.4, -0.2) is 23.7 Å². The second-order valence-electron chi connectivity index (χ2n) is 4.07. The Balaban J connectivity index is 2.75. The van der Waals surface area contributed by atoms with Crippen LogP contribution in [0.4, 0.5) is 4.39 Å². The highest BCUT2D eigenvalue weighted by atomic mass is 19.1. The molecule has 2 N–H and O–H groups in total. The molecule has 0 bridgehead atoms. The van der Waals surface area contributed by atoms with Crippen LogP contribution in [0.1, 0.15) is 35.7 Å². The van der Waals surface area contributed by atoms with E-state index in [-0.39, 0.29) is 18.2 Å². The van der Waals surface area contributed by atoms with E-state index in [4.69, 9.17) is 5.11 Å². The zero-order chi connectivity index (χ0) is 12.8. The van der Waals surface area contributed by atoms with Crippen LogP contribution < -0.4 is 5.32 Å². The van der Waals surface area contributed by atoms with Crippen LogP contribution in [0.3, 0.4) is 0 Å². The Morgan fingerprint density at radius 1 is 1.53 bits per heavy atom. The van der Waals surface area contributed by atoms with Crippen molar-refractivity contribution in [2.24, 2.45) is 0 Å². The first-order valence-corrected chi connectivity index (χ1v) is 5.76. The van der Waals surface area contributed by atoms with Crippen LogP contribution in [0.25, 0.3) is 0 Å². The maximum atomic E-state index is 13.5. The molecule has 0 saturated carbocycles. The van der Waals surface area contributed by atoms with E-state index in [0.717, 1.165) is 5.56 Å². The smallest absolute Gasteiger partial charge is 0.254 e. The van der Waals surface area contributed by atoms with Gasteiger partial charge in [-0.15, -0.1) is 0 Å². The lowest BCUT2D eigenvalue weighted by molar-refractivity contribution is 0.0925. The summed E-state index contributed by atoms with van der Waals surface area (Å²) in [7, 11) is 0. The molecule has 0 saturated heterocycles. The molecule has 0 aliphatic heterocycles. The lowest BCUT2D eigenvalue weighted by Gasteiger charge is -2.16. The summed E-state index contributed by atoms with van der Waals surface area (Å²) in [5.74, 6) is -0.941. The molecule has 1 unspecified atom stereocenters. The fraction of sp³-hybridized carbons (Fsp3) is 0.462. The molecule has 0 fully saturated rings. The molecule has 4 heteroatoms. The van der Waals surface area contributed by atoms with Gasteiger partial charge in [0, 0.05) is 12.6 Å². The van der Waals surface area contributed by atoms with E-state index < -0.39 is 11.7 Å². The van der Waals surface area contributed by atoms with E-state index in [1.165, 1.54) is 12.1 Å². The molecule has 1 amide bonds.